The SMILES string of the molecule is C=C(/C=C\C(Cl)=C(/C)F)C1C(c2cccc(Cl)c2)O[C@](C)(Cc2ccc(C(=O)O)cn2)C(=O)N1C(CS(=O)(=O)C(C)(C)C)C1CC1. The largest absolute Gasteiger partial charge is 0.478 e. The highest BCUT2D eigenvalue weighted by Gasteiger charge is 2.56. The van der Waals surface area contributed by atoms with Crippen molar-refractivity contribution in [3.63, 3.8) is 0 Å². The van der Waals surface area contributed by atoms with E-state index in [2.05, 4.69) is 11.6 Å². The van der Waals surface area contributed by atoms with Crippen LogP contribution in [0.5, 0.6) is 0 Å². The Hall–Kier alpha value is -3.05. The van der Waals surface area contributed by atoms with E-state index in [1.807, 2.05) is 0 Å². The molecule has 0 spiro atoms. The van der Waals surface area contributed by atoms with Gasteiger partial charge >= 0.3 is 5.97 Å². The highest BCUT2D eigenvalue weighted by molar-refractivity contribution is 7.92. The number of allylic oxidation sites excluding steroid dienone is 3. The molecule has 1 aliphatic heterocycles. The maximum absolute atomic E-state index is 14.8. The number of morpholine rings is 1. The molecule has 248 valence electrons. The minimum absolute atomic E-state index is 0.0104. The summed E-state index contributed by atoms with van der Waals surface area (Å²) in [6, 6.07) is 8.23. The second kappa shape index (κ2) is 13.6. The summed E-state index contributed by atoms with van der Waals surface area (Å²) in [7, 11) is -3.71. The van der Waals surface area contributed by atoms with Crippen molar-refractivity contribution in [1.29, 1.82) is 0 Å². The van der Waals surface area contributed by atoms with Crippen LogP contribution in [0, 0.1) is 5.92 Å². The zero-order chi connectivity index (χ0) is 34.2. The van der Waals surface area contributed by atoms with Gasteiger partial charge in [0.25, 0.3) is 5.91 Å². The van der Waals surface area contributed by atoms with Gasteiger partial charge in [-0.15, -0.1) is 0 Å². The molecule has 8 nitrogen and oxygen atoms in total. The van der Waals surface area contributed by atoms with Gasteiger partial charge in [-0.25, -0.2) is 17.6 Å². The standard InChI is InChI=1S/C34H39Cl2FN2O6S/c1-20(10-15-27(36)21(2)37)29-30(23-8-7-9-25(35)16-23)45-34(6,17-26-14-13-24(18-38-26)31(40)41)32(42)39(29)28(22-11-12-22)19-46(43,44)33(3,4)5/h7-10,13-16,18,22,28-30H,1,11-12,17,19H2,2-6H3,(H,40,41)/b15-10-,27-21-/t28?,29?,30?,34-/m1/s1. The van der Waals surface area contributed by atoms with E-state index >= 15 is 0 Å². The van der Waals surface area contributed by atoms with Gasteiger partial charge in [0, 0.05) is 29.4 Å². The third-order valence-corrected chi connectivity index (χ3v) is 11.7. The quantitative estimate of drug-likeness (QED) is 0.247. The van der Waals surface area contributed by atoms with Crippen LogP contribution in [0.4, 0.5) is 4.39 Å². The topological polar surface area (TPSA) is 114 Å². The molecule has 46 heavy (non-hydrogen) atoms. The normalized spacial score (nSPS) is 23.7. The second-order valence-corrected chi connectivity index (χ2v) is 16.7. The Balaban J connectivity index is 1.92. The summed E-state index contributed by atoms with van der Waals surface area (Å²) in [6.45, 7) is 12.0. The molecule has 2 heterocycles. The van der Waals surface area contributed by atoms with Crippen LogP contribution in [0.2, 0.25) is 5.02 Å². The van der Waals surface area contributed by atoms with Crippen molar-refractivity contribution in [2.24, 2.45) is 5.92 Å². The monoisotopic (exact) mass is 692 g/mol. The molecule has 2 aromatic rings. The number of rotatable bonds is 11. The maximum Gasteiger partial charge on any atom is 0.337 e. The third-order valence-electron chi connectivity index (χ3n) is 8.43. The number of carbonyl (C=O) groups excluding carboxylic acids is 1. The Morgan fingerprint density at radius 3 is 2.46 bits per heavy atom. The number of halogens is 3. The highest BCUT2D eigenvalue weighted by atomic mass is 35.5. The fraction of sp³-hybridized carbons (Fsp3) is 0.441. The van der Waals surface area contributed by atoms with Crippen LogP contribution >= 0.6 is 23.2 Å². The van der Waals surface area contributed by atoms with Crippen molar-refractivity contribution in [2.75, 3.05) is 5.75 Å². The molecule has 1 aromatic heterocycles. The Morgan fingerprint density at radius 1 is 1.26 bits per heavy atom. The predicted molar refractivity (Wildman–Crippen MR) is 177 cm³/mol. The van der Waals surface area contributed by atoms with Crippen LogP contribution < -0.4 is 0 Å². The van der Waals surface area contributed by atoms with E-state index in [-0.39, 0.29) is 28.7 Å². The molecular weight excluding hydrogens is 654 g/mol. The minimum Gasteiger partial charge on any atom is -0.478 e. The van der Waals surface area contributed by atoms with Crippen LogP contribution in [0.15, 0.2) is 77.8 Å². The van der Waals surface area contributed by atoms with Crippen LogP contribution in [0.3, 0.4) is 0 Å². The average molecular weight is 694 g/mol. The smallest absolute Gasteiger partial charge is 0.337 e. The van der Waals surface area contributed by atoms with Crippen molar-refractivity contribution >= 4 is 44.9 Å². The van der Waals surface area contributed by atoms with Crippen molar-refractivity contribution in [3.8, 4) is 0 Å². The molecule has 3 unspecified atom stereocenters. The Labute approximate surface area is 279 Å². The molecule has 4 rings (SSSR count). The molecular formula is C34H39Cl2FN2O6S. The Kier molecular flexibility index (Phi) is 10.6. The number of amides is 1. The van der Waals surface area contributed by atoms with Crippen molar-refractivity contribution < 1.29 is 32.2 Å². The molecule has 1 saturated heterocycles. The van der Waals surface area contributed by atoms with E-state index in [1.54, 1.807) is 56.9 Å². The van der Waals surface area contributed by atoms with Crippen LogP contribution in [-0.2, 0) is 25.8 Å². The molecule has 12 heteroatoms. The molecule has 1 N–H and O–H groups in total. The number of aromatic carboxylic acids is 1. The third kappa shape index (κ3) is 7.90. The van der Waals surface area contributed by atoms with Gasteiger partial charge in [-0.2, -0.15) is 0 Å². The molecule has 1 aliphatic carbocycles. The number of sulfone groups is 1. The van der Waals surface area contributed by atoms with E-state index < -0.39 is 56.1 Å². The van der Waals surface area contributed by atoms with E-state index in [0.717, 1.165) is 12.8 Å². The molecule has 1 amide bonds. The summed E-state index contributed by atoms with van der Waals surface area (Å²) in [4.78, 5) is 32.1. The molecule has 1 saturated carbocycles. The number of hydrogen-bond acceptors (Lipinski definition) is 6. The Bertz CT molecular complexity index is 1680. The van der Waals surface area contributed by atoms with Gasteiger partial charge in [-0.3, -0.25) is 9.78 Å². The maximum atomic E-state index is 14.8. The fourth-order valence-electron chi connectivity index (χ4n) is 5.52. The number of nitrogens with zero attached hydrogens (tertiary/aromatic N) is 2. The molecule has 2 aliphatic rings. The molecule has 0 radical (unpaired) electrons. The highest BCUT2D eigenvalue weighted by Crippen LogP contribution is 2.47. The molecule has 2 fully saturated rings. The summed E-state index contributed by atoms with van der Waals surface area (Å²) >= 11 is 12.5. The van der Waals surface area contributed by atoms with Crippen molar-refractivity contribution in [3.05, 3.63) is 99.6 Å². The number of hydrogen-bond donors (Lipinski definition) is 1. The van der Waals surface area contributed by atoms with Gasteiger partial charge in [0.1, 0.15) is 11.9 Å². The summed E-state index contributed by atoms with van der Waals surface area (Å²) in [5, 5.41) is 9.61. The first-order valence-electron chi connectivity index (χ1n) is 14.9. The Morgan fingerprint density at radius 2 is 1.93 bits per heavy atom. The first-order valence-corrected chi connectivity index (χ1v) is 17.3. The zero-order valence-corrected chi connectivity index (χ0v) is 28.8. The van der Waals surface area contributed by atoms with Gasteiger partial charge in [0.2, 0.25) is 0 Å². The van der Waals surface area contributed by atoms with Crippen molar-refractivity contribution in [1.82, 2.24) is 9.88 Å². The van der Waals surface area contributed by atoms with Crippen LogP contribution in [0.25, 0.3) is 0 Å². The first-order chi connectivity index (χ1) is 21.3. The van der Waals surface area contributed by atoms with Gasteiger partial charge in [-0.1, -0.05) is 48.0 Å². The fourth-order valence-corrected chi connectivity index (χ4v) is 7.16. The van der Waals surface area contributed by atoms with Gasteiger partial charge in [0.15, 0.2) is 15.4 Å². The molecule has 0 bridgehead atoms. The number of aromatic nitrogens is 1. The summed E-state index contributed by atoms with van der Waals surface area (Å²) in [5.74, 6) is -2.59. The first kappa shape index (κ1) is 35.8. The van der Waals surface area contributed by atoms with E-state index in [9.17, 15) is 27.5 Å². The molecule has 4 atom stereocenters. The lowest BCUT2D eigenvalue weighted by Gasteiger charge is -2.52. The summed E-state index contributed by atoms with van der Waals surface area (Å²) in [5.41, 5.74) is -0.201. The van der Waals surface area contributed by atoms with Gasteiger partial charge in [-0.05, 0) is 94.9 Å². The van der Waals surface area contributed by atoms with E-state index in [4.69, 9.17) is 27.9 Å². The van der Waals surface area contributed by atoms with E-state index in [0.29, 0.717) is 21.9 Å². The van der Waals surface area contributed by atoms with Crippen molar-refractivity contribution in [2.45, 2.75) is 82.4 Å². The summed E-state index contributed by atoms with van der Waals surface area (Å²) < 4.78 is 46.9. The van der Waals surface area contributed by atoms with Crippen LogP contribution in [0.1, 0.15) is 75.2 Å². The van der Waals surface area contributed by atoms with Gasteiger partial charge < -0.3 is 14.7 Å². The number of carbonyl (C=O) groups is 2. The number of carboxylic acid groups (broad SMARTS) is 1. The number of ether oxygens (including phenoxy) is 1. The number of pyridine rings is 1. The average Bonchev–Trinajstić information content (AvgIpc) is 3.81. The minimum atomic E-state index is -3.71. The van der Waals surface area contributed by atoms with Crippen LogP contribution in [-0.4, -0.2) is 63.5 Å². The summed E-state index contributed by atoms with van der Waals surface area (Å²) in [6.07, 6.45) is 4.61. The molecule has 1 aromatic carbocycles. The lowest BCUT2D eigenvalue weighted by Crippen LogP contribution is -2.66. The second-order valence-electron chi connectivity index (χ2n) is 13.1. The number of benzene rings is 1. The van der Waals surface area contributed by atoms with Gasteiger partial charge in [0.05, 0.1) is 27.1 Å². The van der Waals surface area contributed by atoms with E-state index in [1.165, 1.54) is 37.4 Å². The predicted octanol–water partition coefficient (Wildman–Crippen LogP) is 7.25. The lowest BCUT2D eigenvalue weighted by atomic mass is 9.85. The zero-order valence-electron chi connectivity index (χ0n) is 26.5. The number of carboxylic acids is 1. The lowest BCUT2D eigenvalue weighted by molar-refractivity contribution is -0.197.